The minimum Gasteiger partial charge on any atom is -0.350 e. The van der Waals surface area contributed by atoms with E-state index in [2.05, 4.69) is 15.5 Å². The van der Waals surface area contributed by atoms with Gasteiger partial charge in [-0.2, -0.15) is 4.98 Å². The summed E-state index contributed by atoms with van der Waals surface area (Å²) in [5, 5.41) is 6.44. The van der Waals surface area contributed by atoms with Gasteiger partial charge in [0.15, 0.2) is 5.82 Å². The summed E-state index contributed by atoms with van der Waals surface area (Å²) in [5.74, 6) is -0.673. The predicted octanol–water partition coefficient (Wildman–Crippen LogP) is 2.37. The highest BCUT2D eigenvalue weighted by atomic mass is 19.1. The summed E-state index contributed by atoms with van der Waals surface area (Å²) in [4.78, 5) is 28.5. The summed E-state index contributed by atoms with van der Waals surface area (Å²) < 4.78 is 33.0. The van der Waals surface area contributed by atoms with Crippen LogP contribution in [0.4, 0.5) is 8.78 Å². The third kappa shape index (κ3) is 3.98. The van der Waals surface area contributed by atoms with Gasteiger partial charge in [-0.1, -0.05) is 11.2 Å². The summed E-state index contributed by atoms with van der Waals surface area (Å²) in [6, 6.07) is 5.97. The van der Waals surface area contributed by atoms with E-state index in [1.807, 2.05) is 0 Å². The highest BCUT2D eigenvalue weighted by molar-refractivity contribution is 5.75. The largest absolute Gasteiger partial charge is 0.350 e. The first-order chi connectivity index (χ1) is 13.5. The van der Waals surface area contributed by atoms with E-state index in [1.54, 1.807) is 6.07 Å². The molecule has 0 radical (unpaired) electrons. The van der Waals surface area contributed by atoms with Gasteiger partial charge in [-0.3, -0.25) is 9.59 Å². The SMILES string of the molecule is O=C(Cn1cc(-c2nc(C3CC3)no2)ccc1=O)NCc1ccc(F)cc1F. The molecule has 7 nitrogen and oxygen atoms in total. The molecule has 1 aromatic carbocycles. The molecule has 0 atom stereocenters. The van der Waals surface area contributed by atoms with E-state index in [-0.39, 0.29) is 30.1 Å². The summed E-state index contributed by atoms with van der Waals surface area (Å²) in [6.45, 7) is -0.382. The highest BCUT2D eigenvalue weighted by Gasteiger charge is 2.29. The number of amides is 1. The van der Waals surface area contributed by atoms with Gasteiger partial charge in [-0.15, -0.1) is 0 Å². The molecule has 1 amide bonds. The Morgan fingerprint density at radius 1 is 1.25 bits per heavy atom. The van der Waals surface area contributed by atoms with E-state index in [0.29, 0.717) is 17.3 Å². The predicted molar refractivity (Wildman–Crippen MR) is 94.2 cm³/mol. The van der Waals surface area contributed by atoms with Crippen LogP contribution in [-0.4, -0.2) is 20.6 Å². The number of hydrogen-bond acceptors (Lipinski definition) is 5. The van der Waals surface area contributed by atoms with Crippen molar-refractivity contribution in [1.82, 2.24) is 20.0 Å². The summed E-state index contributed by atoms with van der Waals surface area (Å²) in [7, 11) is 0. The van der Waals surface area contributed by atoms with Gasteiger partial charge in [0.05, 0.1) is 5.56 Å². The van der Waals surface area contributed by atoms with Crippen molar-refractivity contribution in [3.05, 3.63) is 69.9 Å². The normalized spacial score (nSPS) is 13.5. The Morgan fingerprint density at radius 2 is 2.07 bits per heavy atom. The summed E-state index contributed by atoms with van der Waals surface area (Å²) >= 11 is 0. The van der Waals surface area contributed by atoms with Crippen LogP contribution in [0.15, 0.2) is 45.8 Å². The number of rotatable bonds is 6. The van der Waals surface area contributed by atoms with Crippen LogP contribution in [-0.2, 0) is 17.9 Å². The number of carbonyl (C=O) groups is 1. The molecule has 1 saturated carbocycles. The van der Waals surface area contributed by atoms with Crippen LogP contribution in [0.1, 0.15) is 30.1 Å². The van der Waals surface area contributed by atoms with E-state index < -0.39 is 17.5 Å². The van der Waals surface area contributed by atoms with Crippen molar-refractivity contribution in [2.24, 2.45) is 0 Å². The number of aromatic nitrogens is 3. The van der Waals surface area contributed by atoms with E-state index in [4.69, 9.17) is 4.52 Å². The first kappa shape index (κ1) is 18.0. The lowest BCUT2D eigenvalue weighted by molar-refractivity contribution is -0.121. The zero-order valence-electron chi connectivity index (χ0n) is 14.7. The molecule has 0 saturated heterocycles. The molecule has 2 heterocycles. The molecular weight excluding hydrogens is 370 g/mol. The first-order valence-corrected chi connectivity index (χ1v) is 8.74. The molecule has 1 fully saturated rings. The van der Waals surface area contributed by atoms with Gasteiger partial charge in [0.25, 0.3) is 11.4 Å². The molecule has 3 aromatic rings. The Kier molecular flexibility index (Phi) is 4.72. The Balaban J connectivity index is 1.44. The van der Waals surface area contributed by atoms with Crippen molar-refractivity contribution in [2.75, 3.05) is 0 Å². The molecule has 0 unspecified atom stereocenters. The third-order valence-electron chi connectivity index (χ3n) is 4.42. The second-order valence-electron chi connectivity index (χ2n) is 6.63. The molecule has 28 heavy (non-hydrogen) atoms. The van der Waals surface area contributed by atoms with Gasteiger partial charge in [0, 0.05) is 36.4 Å². The molecule has 2 aromatic heterocycles. The van der Waals surface area contributed by atoms with Crippen LogP contribution in [0.3, 0.4) is 0 Å². The fourth-order valence-corrected chi connectivity index (χ4v) is 2.71. The number of halogens is 2. The van der Waals surface area contributed by atoms with Crippen LogP contribution in [0, 0.1) is 11.6 Å². The first-order valence-electron chi connectivity index (χ1n) is 8.74. The Labute approximate surface area is 158 Å². The minimum atomic E-state index is -0.748. The van der Waals surface area contributed by atoms with Crippen LogP contribution < -0.4 is 10.9 Å². The van der Waals surface area contributed by atoms with E-state index >= 15 is 0 Å². The van der Waals surface area contributed by atoms with Crippen molar-refractivity contribution in [3.8, 4) is 11.5 Å². The standard InChI is InChI=1S/C19H16F2N4O3/c20-14-5-3-12(15(21)7-14)8-22-16(26)10-25-9-13(4-6-17(25)27)19-23-18(24-28-19)11-1-2-11/h3-7,9,11H,1-2,8,10H2,(H,22,26). The zero-order chi connectivity index (χ0) is 19.7. The number of nitrogens with zero attached hydrogens (tertiary/aromatic N) is 3. The average Bonchev–Trinajstić information content (AvgIpc) is 3.40. The van der Waals surface area contributed by atoms with E-state index in [9.17, 15) is 18.4 Å². The fourth-order valence-electron chi connectivity index (χ4n) is 2.71. The topological polar surface area (TPSA) is 90.0 Å². The maximum absolute atomic E-state index is 13.6. The van der Waals surface area contributed by atoms with Gasteiger partial charge >= 0.3 is 0 Å². The minimum absolute atomic E-state index is 0.117. The summed E-state index contributed by atoms with van der Waals surface area (Å²) in [6.07, 6.45) is 3.53. The van der Waals surface area contributed by atoms with Crippen molar-refractivity contribution in [1.29, 1.82) is 0 Å². The second-order valence-corrected chi connectivity index (χ2v) is 6.63. The van der Waals surface area contributed by atoms with Gasteiger partial charge in [-0.25, -0.2) is 8.78 Å². The maximum Gasteiger partial charge on any atom is 0.259 e. The number of hydrogen-bond donors (Lipinski definition) is 1. The molecule has 4 rings (SSSR count). The second kappa shape index (κ2) is 7.34. The van der Waals surface area contributed by atoms with Crippen LogP contribution in [0.25, 0.3) is 11.5 Å². The molecule has 1 aliphatic rings. The van der Waals surface area contributed by atoms with Crippen LogP contribution in [0.2, 0.25) is 0 Å². The van der Waals surface area contributed by atoms with Gasteiger partial charge in [-0.05, 0) is 25.0 Å². The molecule has 9 heteroatoms. The van der Waals surface area contributed by atoms with Crippen molar-refractivity contribution < 1.29 is 18.1 Å². The molecular formula is C19H16F2N4O3. The monoisotopic (exact) mass is 386 g/mol. The number of carbonyl (C=O) groups excluding carboxylic acids is 1. The highest BCUT2D eigenvalue weighted by Crippen LogP contribution is 2.38. The molecule has 0 aliphatic heterocycles. The van der Waals surface area contributed by atoms with Crippen molar-refractivity contribution in [3.63, 3.8) is 0 Å². The lowest BCUT2D eigenvalue weighted by Crippen LogP contribution is -2.31. The quantitative estimate of drug-likeness (QED) is 0.703. The van der Waals surface area contributed by atoms with Crippen molar-refractivity contribution >= 4 is 5.91 Å². The smallest absolute Gasteiger partial charge is 0.259 e. The molecule has 1 aliphatic carbocycles. The zero-order valence-corrected chi connectivity index (χ0v) is 14.7. The van der Waals surface area contributed by atoms with E-state index in [0.717, 1.165) is 25.0 Å². The molecule has 1 N–H and O–H groups in total. The third-order valence-corrected chi connectivity index (χ3v) is 4.42. The number of pyridine rings is 1. The maximum atomic E-state index is 13.6. The number of benzene rings is 1. The molecule has 144 valence electrons. The van der Waals surface area contributed by atoms with E-state index in [1.165, 1.54) is 22.9 Å². The lowest BCUT2D eigenvalue weighted by Gasteiger charge is -2.09. The number of nitrogens with one attached hydrogen (secondary N) is 1. The average molecular weight is 386 g/mol. The van der Waals surface area contributed by atoms with Crippen LogP contribution in [0.5, 0.6) is 0 Å². The van der Waals surface area contributed by atoms with Crippen LogP contribution >= 0.6 is 0 Å². The van der Waals surface area contributed by atoms with Gasteiger partial charge < -0.3 is 14.4 Å². The fraction of sp³-hybridized carbons (Fsp3) is 0.263. The Hall–Kier alpha value is -3.36. The molecule has 0 spiro atoms. The molecule has 0 bridgehead atoms. The van der Waals surface area contributed by atoms with Gasteiger partial charge in [0.1, 0.15) is 18.2 Å². The Bertz CT molecular complexity index is 1090. The summed E-state index contributed by atoms with van der Waals surface area (Å²) in [5.41, 5.74) is 0.291. The van der Waals surface area contributed by atoms with Crippen molar-refractivity contribution in [2.45, 2.75) is 31.8 Å². The lowest BCUT2D eigenvalue weighted by atomic mass is 10.2. The van der Waals surface area contributed by atoms with Gasteiger partial charge in [0.2, 0.25) is 5.91 Å². The Morgan fingerprint density at radius 3 is 2.82 bits per heavy atom.